The van der Waals surface area contributed by atoms with Gasteiger partial charge in [0.2, 0.25) is 5.91 Å². The SMILES string of the molecule is CC(=O)NCC1CCN(c2cc(C(C)N)ccn2)CC1. The van der Waals surface area contributed by atoms with Crippen molar-refractivity contribution >= 4 is 11.7 Å². The Labute approximate surface area is 120 Å². The molecule has 110 valence electrons. The first-order chi connectivity index (χ1) is 9.56. The van der Waals surface area contributed by atoms with Crippen molar-refractivity contribution in [1.82, 2.24) is 10.3 Å². The number of carbonyl (C=O) groups excluding carboxylic acids is 1. The van der Waals surface area contributed by atoms with E-state index in [9.17, 15) is 4.79 Å². The van der Waals surface area contributed by atoms with Gasteiger partial charge in [-0.1, -0.05) is 0 Å². The third-order valence-corrected chi connectivity index (χ3v) is 3.87. The molecule has 0 radical (unpaired) electrons. The number of amides is 1. The Kier molecular flexibility index (Phi) is 4.95. The van der Waals surface area contributed by atoms with Crippen LogP contribution >= 0.6 is 0 Å². The number of nitrogens with two attached hydrogens (primary N) is 1. The predicted molar refractivity (Wildman–Crippen MR) is 80.5 cm³/mol. The summed E-state index contributed by atoms with van der Waals surface area (Å²) < 4.78 is 0. The van der Waals surface area contributed by atoms with Gasteiger partial charge < -0.3 is 16.0 Å². The highest BCUT2D eigenvalue weighted by Crippen LogP contribution is 2.23. The lowest BCUT2D eigenvalue weighted by molar-refractivity contribution is -0.119. The van der Waals surface area contributed by atoms with Gasteiger partial charge in [0.25, 0.3) is 0 Å². The van der Waals surface area contributed by atoms with Gasteiger partial charge in [-0.15, -0.1) is 0 Å². The maximum atomic E-state index is 10.9. The highest BCUT2D eigenvalue weighted by atomic mass is 16.1. The van der Waals surface area contributed by atoms with Crippen molar-refractivity contribution in [3.63, 3.8) is 0 Å². The van der Waals surface area contributed by atoms with Crippen molar-refractivity contribution in [3.05, 3.63) is 23.9 Å². The number of anilines is 1. The normalized spacial score (nSPS) is 17.9. The minimum absolute atomic E-state index is 0.0362. The number of hydrogen-bond acceptors (Lipinski definition) is 4. The van der Waals surface area contributed by atoms with Crippen LogP contribution in [0.2, 0.25) is 0 Å². The van der Waals surface area contributed by atoms with Crippen LogP contribution in [0.3, 0.4) is 0 Å². The molecule has 3 N–H and O–H groups in total. The van der Waals surface area contributed by atoms with E-state index in [1.54, 1.807) is 6.92 Å². The molecule has 1 amide bonds. The Balaban J connectivity index is 1.90. The van der Waals surface area contributed by atoms with Gasteiger partial charge in [-0.2, -0.15) is 0 Å². The van der Waals surface area contributed by atoms with Gasteiger partial charge in [-0.25, -0.2) is 4.98 Å². The average Bonchev–Trinajstić information content (AvgIpc) is 2.46. The van der Waals surface area contributed by atoms with E-state index in [4.69, 9.17) is 5.73 Å². The van der Waals surface area contributed by atoms with Gasteiger partial charge in [0, 0.05) is 38.8 Å². The molecule has 0 aliphatic carbocycles. The van der Waals surface area contributed by atoms with Gasteiger partial charge in [0.05, 0.1) is 0 Å². The van der Waals surface area contributed by atoms with Crippen molar-refractivity contribution in [2.75, 3.05) is 24.5 Å². The maximum absolute atomic E-state index is 10.9. The maximum Gasteiger partial charge on any atom is 0.216 e. The Morgan fingerprint density at radius 3 is 2.85 bits per heavy atom. The molecule has 20 heavy (non-hydrogen) atoms. The van der Waals surface area contributed by atoms with Gasteiger partial charge >= 0.3 is 0 Å². The summed E-state index contributed by atoms with van der Waals surface area (Å²) in [5, 5.41) is 2.90. The van der Waals surface area contributed by atoms with Crippen LogP contribution < -0.4 is 16.0 Å². The number of carbonyl (C=O) groups is 1. The minimum atomic E-state index is 0.0362. The summed E-state index contributed by atoms with van der Waals surface area (Å²) in [6.07, 6.45) is 4.01. The minimum Gasteiger partial charge on any atom is -0.357 e. The van der Waals surface area contributed by atoms with Crippen LogP contribution in [0, 0.1) is 5.92 Å². The number of nitrogens with one attached hydrogen (secondary N) is 1. The van der Waals surface area contributed by atoms with Crippen molar-refractivity contribution < 1.29 is 4.79 Å². The molecule has 1 aliphatic heterocycles. The van der Waals surface area contributed by atoms with E-state index in [2.05, 4.69) is 21.3 Å². The second kappa shape index (κ2) is 6.70. The van der Waals surface area contributed by atoms with Crippen LogP contribution in [-0.4, -0.2) is 30.5 Å². The zero-order valence-corrected chi connectivity index (χ0v) is 12.3. The smallest absolute Gasteiger partial charge is 0.216 e. The third kappa shape index (κ3) is 3.93. The summed E-state index contributed by atoms with van der Waals surface area (Å²) >= 11 is 0. The van der Waals surface area contributed by atoms with Crippen LogP contribution in [0.5, 0.6) is 0 Å². The number of piperidine rings is 1. The Bertz CT molecular complexity index is 453. The van der Waals surface area contributed by atoms with Crippen LogP contribution in [0.1, 0.15) is 38.3 Å². The van der Waals surface area contributed by atoms with Crippen LogP contribution in [0.15, 0.2) is 18.3 Å². The molecule has 0 aromatic carbocycles. The van der Waals surface area contributed by atoms with E-state index < -0.39 is 0 Å². The van der Waals surface area contributed by atoms with Gasteiger partial charge in [0.15, 0.2) is 0 Å². The second-order valence-electron chi connectivity index (χ2n) is 5.60. The van der Waals surface area contributed by atoms with E-state index in [0.29, 0.717) is 5.92 Å². The fourth-order valence-electron chi connectivity index (χ4n) is 2.54. The monoisotopic (exact) mass is 276 g/mol. The molecule has 0 saturated carbocycles. The topological polar surface area (TPSA) is 71.2 Å². The van der Waals surface area contributed by atoms with E-state index in [0.717, 1.165) is 43.9 Å². The lowest BCUT2D eigenvalue weighted by atomic mass is 9.96. The Morgan fingerprint density at radius 1 is 1.55 bits per heavy atom. The number of pyridine rings is 1. The fraction of sp³-hybridized carbons (Fsp3) is 0.600. The molecule has 0 spiro atoms. The molecule has 1 aromatic rings. The van der Waals surface area contributed by atoms with Gasteiger partial charge in [-0.3, -0.25) is 4.79 Å². The lowest BCUT2D eigenvalue weighted by Gasteiger charge is -2.33. The largest absolute Gasteiger partial charge is 0.357 e. The second-order valence-corrected chi connectivity index (χ2v) is 5.60. The Hall–Kier alpha value is -1.62. The molecule has 1 atom stereocenters. The standard InChI is InChI=1S/C15H24N4O/c1-11(16)14-3-6-17-15(9-14)19-7-4-13(5-8-19)10-18-12(2)20/h3,6,9,11,13H,4-5,7-8,10,16H2,1-2H3,(H,18,20). The summed E-state index contributed by atoms with van der Waals surface area (Å²) in [5.41, 5.74) is 7.04. The van der Waals surface area contributed by atoms with E-state index in [1.807, 2.05) is 19.2 Å². The van der Waals surface area contributed by atoms with E-state index in [-0.39, 0.29) is 11.9 Å². The van der Waals surface area contributed by atoms with Gasteiger partial charge in [-0.05, 0) is 43.4 Å². The van der Waals surface area contributed by atoms with Crippen molar-refractivity contribution in [3.8, 4) is 0 Å². The summed E-state index contributed by atoms with van der Waals surface area (Å²) in [7, 11) is 0. The molecular formula is C15H24N4O. The molecule has 2 rings (SSSR count). The predicted octanol–water partition coefficient (Wildman–Crippen LogP) is 1.45. The molecule has 5 heteroatoms. The van der Waals surface area contributed by atoms with Crippen molar-refractivity contribution in [2.24, 2.45) is 11.7 Å². The molecule has 1 saturated heterocycles. The van der Waals surface area contributed by atoms with E-state index >= 15 is 0 Å². The van der Waals surface area contributed by atoms with Crippen LogP contribution in [-0.2, 0) is 4.79 Å². The molecular weight excluding hydrogens is 252 g/mol. The molecule has 1 unspecified atom stereocenters. The van der Waals surface area contributed by atoms with Gasteiger partial charge in [0.1, 0.15) is 5.82 Å². The number of nitrogens with zero attached hydrogens (tertiary/aromatic N) is 2. The van der Waals surface area contributed by atoms with Crippen LogP contribution in [0.4, 0.5) is 5.82 Å². The summed E-state index contributed by atoms with van der Waals surface area (Å²) in [6.45, 7) is 6.31. The zero-order chi connectivity index (χ0) is 14.5. The van der Waals surface area contributed by atoms with E-state index in [1.165, 1.54) is 0 Å². The Morgan fingerprint density at radius 2 is 2.25 bits per heavy atom. The first kappa shape index (κ1) is 14.8. The highest BCUT2D eigenvalue weighted by molar-refractivity contribution is 5.72. The number of rotatable bonds is 4. The highest BCUT2D eigenvalue weighted by Gasteiger charge is 2.20. The molecule has 1 aliphatic rings. The van der Waals surface area contributed by atoms with Crippen molar-refractivity contribution in [1.29, 1.82) is 0 Å². The average molecular weight is 276 g/mol. The molecule has 1 fully saturated rings. The first-order valence-corrected chi connectivity index (χ1v) is 7.27. The zero-order valence-electron chi connectivity index (χ0n) is 12.3. The molecule has 5 nitrogen and oxygen atoms in total. The molecule has 2 heterocycles. The number of aromatic nitrogens is 1. The number of hydrogen-bond donors (Lipinski definition) is 2. The summed E-state index contributed by atoms with van der Waals surface area (Å²) in [4.78, 5) is 17.7. The fourth-order valence-corrected chi connectivity index (χ4v) is 2.54. The molecule has 0 bridgehead atoms. The van der Waals surface area contributed by atoms with Crippen molar-refractivity contribution in [2.45, 2.75) is 32.7 Å². The molecule has 1 aromatic heterocycles. The third-order valence-electron chi connectivity index (χ3n) is 3.87. The summed E-state index contributed by atoms with van der Waals surface area (Å²) in [5.74, 6) is 1.64. The first-order valence-electron chi connectivity index (χ1n) is 7.27. The summed E-state index contributed by atoms with van der Waals surface area (Å²) in [6, 6.07) is 4.09. The van der Waals surface area contributed by atoms with Crippen LogP contribution in [0.25, 0.3) is 0 Å². The quantitative estimate of drug-likeness (QED) is 0.873. The lowest BCUT2D eigenvalue weighted by Crippen LogP contribution is -2.38.